The highest BCUT2D eigenvalue weighted by atomic mass is 28.4. The first-order valence-electron chi connectivity index (χ1n) is 8.02. The summed E-state index contributed by atoms with van der Waals surface area (Å²) in [5.41, 5.74) is 1.81. The zero-order valence-electron chi connectivity index (χ0n) is 14.7. The lowest BCUT2D eigenvalue weighted by molar-refractivity contribution is 0.0596. The molecule has 1 unspecified atom stereocenters. The average molecular weight is 346 g/mol. The maximum absolute atomic E-state index is 9.41. The summed E-state index contributed by atoms with van der Waals surface area (Å²) in [6, 6.07) is 15.1. The molecule has 0 saturated heterocycles. The lowest BCUT2D eigenvalue weighted by atomic mass is 9.99. The fourth-order valence-electron chi connectivity index (χ4n) is 2.86. The van der Waals surface area contributed by atoms with Crippen LogP contribution in [0.25, 0.3) is 0 Å². The Kier molecular flexibility index (Phi) is 5.69. The topological polar surface area (TPSA) is 58.9 Å². The van der Waals surface area contributed by atoms with Crippen molar-refractivity contribution in [2.45, 2.75) is 38.5 Å². The second-order valence-electron chi connectivity index (χ2n) is 6.89. The molecule has 130 valence electrons. The summed E-state index contributed by atoms with van der Waals surface area (Å²) < 4.78 is 12.2. The van der Waals surface area contributed by atoms with Crippen LogP contribution in [0.3, 0.4) is 0 Å². The van der Waals surface area contributed by atoms with Crippen LogP contribution in [-0.4, -0.2) is 31.5 Å². The average Bonchev–Trinajstić information content (AvgIpc) is 2.51. The van der Waals surface area contributed by atoms with Gasteiger partial charge in [0.15, 0.2) is 0 Å². The molecule has 2 rings (SSSR count). The number of benzene rings is 2. The molecular weight excluding hydrogens is 320 g/mol. The van der Waals surface area contributed by atoms with Crippen LogP contribution >= 0.6 is 0 Å². The molecule has 0 aromatic heterocycles. The van der Waals surface area contributed by atoms with Crippen LogP contribution in [0.4, 0.5) is 0 Å². The van der Waals surface area contributed by atoms with Gasteiger partial charge in [0, 0.05) is 13.2 Å². The maximum Gasteiger partial charge on any atom is 0.339 e. The van der Waals surface area contributed by atoms with E-state index in [2.05, 4.69) is 20.4 Å². The predicted octanol–water partition coefficient (Wildman–Crippen LogP) is 3.94. The Bertz CT molecular complexity index is 652. The summed E-state index contributed by atoms with van der Waals surface area (Å²) in [6.45, 7) is 6.17. The fraction of sp³-hybridized carbons (Fsp3) is 0.368. The molecule has 0 bridgehead atoms. The number of hydrogen-bond acceptors (Lipinski definition) is 4. The van der Waals surface area contributed by atoms with Crippen LogP contribution in [0.15, 0.2) is 48.5 Å². The largest absolute Gasteiger partial charge is 0.508 e. The minimum Gasteiger partial charge on any atom is -0.508 e. The molecule has 0 saturated carbocycles. The maximum atomic E-state index is 9.41. The minimum atomic E-state index is -2.41. The smallest absolute Gasteiger partial charge is 0.339 e. The van der Waals surface area contributed by atoms with E-state index in [1.54, 1.807) is 31.4 Å². The van der Waals surface area contributed by atoms with Crippen molar-refractivity contribution in [3.8, 4) is 11.5 Å². The van der Waals surface area contributed by atoms with Gasteiger partial charge in [-0.3, -0.25) is 0 Å². The molecule has 2 aromatic carbocycles. The van der Waals surface area contributed by atoms with E-state index in [0.29, 0.717) is 6.04 Å². The normalized spacial score (nSPS) is 14.3. The highest BCUT2D eigenvalue weighted by Crippen LogP contribution is 2.26. The van der Waals surface area contributed by atoms with E-state index in [9.17, 15) is 10.2 Å². The van der Waals surface area contributed by atoms with Gasteiger partial charge >= 0.3 is 8.56 Å². The molecule has 0 heterocycles. The molecule has 4 nitrogen and oxygen atoms in total. The summed E-state index contributed by atoms with van der Waals surface area (Å²) in [6.07, 6.45) is 0.731. The summed E-state index contributed by atoms with van der Waals surface area (Å²) in [5, 5.41) is 18.8. The van der Waals surface area contributed by atoms with Crippen molar-refractivity contribution >= 4 is 8.56 Å². The molecule has 2 N–H and O–H groups in total. The van der Waals surface area contributed by atoms with Gasteiger partial charge in [-0.2, -0.15) is 0 Å². The Morgan fingerprint density at radius 3 is 1.79 bits per heavy atom. The number of rotatable bonds is 7. The van der Waals surface area contributed by atoms with Gasteiger partial charge in [0.2, 0.25) is 0 Å². The van der Waals surface area contributed by atoms with Crippen LogP contribution in [-0.2, 0) is 21.3 Å². The zero-order valence-corrected chi connectivity index (χ0v) is 15.7. The molecule has 0 aliphatic heterocycles. The number of phenolic OH excluding ortho intramolecular Hbond substituents is 2. The highest BCUT2D eigenvalue weighted by molar-refractivity contribution is 6.65. The first-order chi connectivity index (χ1) is 11.2. The minimum absolute atomic E-state index is 0.258. The Morgan fingerprint density at radius 2 is 1.33 bits per heavy atom. The predicted molar refractivity (Wildman–Crippen MR) is 97.4 cm³/mol. The van der Waals surface area contributed by atoms with Crippen molar-refractivity contribution < 1.29 is 19.1 Å². The van der Waals surface area contributed by atoms with Crippen LogP contribution in [0.2, 0.25) is 6.55 Å². The number of hydrogen-bond donors (Lipinski definition) is 2. The standard InChI is InChI=1S/C19H26O4Si/c1-19(2,13-15-5-9-17(20)10-6-15)23-24(4,22-3)14-16-7-11-18(21)12-8-16/h5-12,20-21H,13-14H2,1-4H3. The van der Waals surface area contributed by atoms with Crippen molar-refractivity contribution in [2.24, 2.45) is 0 Å². The third-order valence-electron chi connectivity index (χ3n) is 3.95. The molecule has 2 aromatic rings. The summed E-state index contributed by atoms with van der Waals surface area (Å²) >= 11 is 0. The Balaban J connectivity index is 2.08. The van der Waals surface area contributed by atoms with Gasteiger partial charge < -0.3 is 19.1 Å². The van der Waals surface area contributed by atoms with Crippen LogP contribution in [0, 0.1) is 0 Å². The van der Waals surface area contributed by atoms with Gasteiger partial charge in [-0.15, -0.1) is 0 Å². The summed E-state index contributed by atoms with van der Waals surface area (Å²) in [4.78, 5) is 0. The van der Waals surface area contributed by atoms with E-state index >= 15 is 0 Å². The third-order valence-corrected chi connectivity index (χ3v) is 6.85. The Morgan fingerprint density at radius 1 is 0.875 bits per heavy atom. The Labute approximate surface area is 144 Å². The van der Waals surface area contributed by atoms with Gasteiger partial charge in [0.1, 0.15) is 11.5 Å². The highest BCUT2D eigenvalue weighted by Gasteiger charge is 2.37. The number of aromatic hydroxyl groups is 2. The molecule has 5 heteroatoms. The quantitative estimate of drug-likeness (QED) is 0.746. The van der Waals surface area contributed by atoms with E-state index in [1.165, 1.54) is 0 Å². The van der Waals surface area contributed by atoms with E-state index < -0.39 is 8.56 Å². The lowest BCUT2D eigenvalue weighted by Gasteiger charge is -2.36. The molecule has 0 amide bonds. The van der Waals surface area contributed by atoms with Crippen LogP contribution in [0.5, 0.6) is 11.5 Å². The van der Waals surface area contributed by atoms with Crippen molar-refractivity contribution in [2.75, 3.05) is 7.11 Å². The van der Waals surface area contributed by atoms with Gasteiger partial charge in [0.05, 0.1) is 5.60 Å². The molecule has 0 fully saturated rings. The molecular formula is C19H26O4Si. The monoisotopic (exact) mass is 346 g/mol. The van der Waals surface area contributed by atoms with E-state index in [0.717, 1.165) is 17.5 Å². The third kappa shape index (κ3) is 5.37. The second-order valence-corrected chi connectivity index (χ2v) is 10.1. The van der Waals surface area contributed by atoms with Gasteiger partial charge in [-0.1, -0.05) is 24.3 Å². The molecule has 0 radical (unpaired) electrons. The molecule has 24 heavy (non-hydrogen) atoms. The number of phenols is 2. The van der Waals surface area contributed by atoms with Gasteiger partial charge in [-0.25, -0.2) is 0 Å². The summed E-state index contributed by atoms with van der Waals surface area (Å²) in [5.74, 6) is 0.522. The van der Waals surface area contributed by atoms with Crippen molar-refractivity contribution in [1.82, 2.24) is 0 Å². The molecule has 1 atom stereocenters. The molecule has 0 aliphatic carbocycles. The first kappa shape index (κ1) is 18.5. The van der Waals surface area contributed by atoms with Crippen LogP contribution in [0.1, 0.15) is 25.0 Å². The summed E-state index contributed by atoms with van der Waals surface area (Å²) in [7, 11) is -0.715. The van der Waals surface area contributed by atoms with Crippen molar-refractivity contribution in [1.29, 1.82) is 0 Å². The zero-order chi connectivity index (χ0) is 17.8. The SMILES string of the molecule is CO[Si](C)(Cc1ccc(O)cc1)OC(C)(C)Cc1ccc(O)cc1. The van der Waals surface area contributed by atoms with E-state index in [-0.39, 0.29) is 17.1 Å². The van der Waals surface area contributed by atoms with Crippen molar-refractivity contribution in [3.05, 3.63) is 59.7 Å². The van der Waals surface area contributed by atoms with E-state index in [1.807, 2.05) is 24.3 Å². The van der Waals surface area contributed by atoms with E-state index in [4.69, 9.17) is 8.85 Å². The van der Waals surface area contributed by atoms with Gasteiger partial charge in [0.25, 0.3) is 0 Å². The van der Waals surface area contributed by atoms with Crippen molar-refractivity contribution in [3.63, 3.8) is 0 Å². The fourth-order valence-corrected chi connectivity index (χ4v) is 5.38. The van der Waals surface area contributed by atoms with Crippen LogP contribution < -0.4 is 0 Å². The second kappa shape index (κ2) is 7.38. The lowest BCUT2D eigenvalue weighted by Crippen LogP contribution is -2.48. The molecule has 0 spiro atoms. The first-order valence-corrected chi connectivity index (χ1v) is 10.5. The molecule has 0 aliphatic rings. The Hall–Kier alpha value is -1.82. The van der Waals surface area contributed by atoms with Gasteiger partial charge in [-0.05, 0) is 62.2 Å².